The van der Waals surface area contributed by atoms with E-state index >= 15 is 0 Å². The van der Waals surface area contributed by atoms with Crippen molar-refractivity contribution in [2.45, 2.75) is 6.42 Å². The van der Waals surface area contributed by atoms with Crippen molar-refractivity contribution >= 4 is 17.6 Å². The van der Waals surface area contributed by atoms with Gasteiger partial charge in [-0.2, -0.15) is 0 Å². The highest BCUT2D eigenvalue weighted by Gasteiger charge is 2.62. The fourth-order valence-electron chi connectivity index (χ4n) is 4.53. The van der Waals surface area contributed by atoms with Gasteiger partial charge in [-0.1, -0.05) is 24.3 Å². The molecular formula is C18H19NO4. The minimum absolute atomic E-state index is 0.00378. The summed E-state index contributed by atoms with van der Waals surface area (Å²) in [5.41, 5.74) is 0.585. The van der Waals surface area contributed by atoms with E-state index in [1.165, 1.54) is 0 Å². The van der Waals surface area contributed by atoms with Gasteiger partial charge < -0.3 is 15.2 Å². The van der Waals surface area contributed by atoms with Crippen molar-refractivity contribution in [1.82, 2.24) is 0 Å². The van der Waals surface area contributed by atoms with Crippen molar-refractivity contribution in [3.8, 4) is 5.75 Å². The largest absolute Gasteiger partial charge is 0.495 e. The summed E-state index contributed by atoms with van der Waals surface area (Å²) in [4.78, 5) is 24.6. The number of anilines is 1. The van der Waals surface area contributed by atoms with E-state index < -0.39 is 17.8 Å². The number of carboxylic acid groups (broad SMARTS) is 1. The average molecular weight is 313 g/mol. The lowest BCUT2D eigenvalue weighted by molar-refractivity contribution is -0.152. The van der Waals surface area contributed by atoms with Gasteiger partial charge >= 0.3 is 5.97 Å². The number of hydrogen-bond acceptors (Lipinski definition) is 3. The minimum Gasteiger partial charge on any atom is -0.495 e. The van der Waals surface area contributed by atoms with Crippen molar-refractivity contribution in [3.05, 3.63) is 36.4 Å². The van der Waals surface area contributed by atoms with Crippen LogP contribution in [0.25, 0.3) is 0 Å². The number of fused-ring (bicyclic) bond motifs is 1. The van der Waals surface area contributed by atoms with E-state index in [4.69, 9.17) is 4.74 Å². The summed E-state index contributed by atoms with van der Waals surface area (Å²) in [5.74, 6) is -0.651. The number of rotatable bonds is 4. The smallest absolute Gasteiger partial charge is 0.307 e. The molecule has 1 aromatic rings. The van der Waals surface area contributed by atoms with E-state index in [0.29, 0.717) is 23.3 Å². The van der Waals surface area contributed by atoms with Crippen LogP contribution in [0.3, 0.4) is 0 Å². The van der Waals surface area contributed by atoms with Crippen LogP contribution in [-0.4, -0.2) is 24.1 Å². The van der Waals surface area contributed by atoms with Gasteiger partial charge in [0.25, 0.3) is 0 Å². The number of carbonyl (C=O) groups excluding carboxylic acids is 1. The number of aliphatic carboxylic acids is 1. The zero-order valence-electron chi connectivity index (χ0n) is 12.8. The van der Waals surface area contributed by atoms with Crippen molar-refractivity contribution < 1.29 is 19.4 Å². The highest BCUT2D eigenvalue weighted by molar-refractivity contribution is 5.97. The molecule has 23 heavy (non-hydrogen) atoms. The molecule has 0 heterocycles. The first-order chi connectivity index (χ1) is 11.1. The van der Waals surface area contributed by atoms with E-state index in [1.54, 1.807) is 19.2 Å². The maximum Gasteiger partial charge on any atom is 0.307 e. The van der Waals surface area contributed by atoms with Gasteiger partial charge in [0.15, 0.2) is 0 Å². The first kappa shape index (κ1) is 14.3. The number of ether oxygens (including phenoxy) is 1. The van der Waals surface area contributed by atoms with Crippen LogP contribution < -0.4 is 10.1 Å². The van der Waals surface area contributed by atoms with Gasteiger partial charge in [-0.3, -0.25) is 9.59 Å². The third-order valence-corrected chi connectivity index (χ3v) is 5.60. The molecule has 4 aliphatic rings. The molecule has 6 atom stereocenters. The van der Waals surface area contributed by atoms with Gasteiger partial charge in [0.2, 0.25) is 5.91 Å². The quantitative estimate of drug-likeness (QED) is 0.837. The van der Waals surface area contributed by atoms with Gasteiger partial charge in [0.1, 0.15) is 5.75 Å². The van der Waals surface area contributed by atoms with Crippen molar-refractivity contribution in [2.75, 3.05) is 12.4 Å². The maximum absolute atomic E-state index is 12.8. The number of allylic oxidation sites excluding steroid dienone is 2. The van der Waals surface area contributed by atoms with Crippen LogP contribution in [0, 0.1) is 35.5 Å². The van der Waals surface area contributed by atoms with Crippen molar-refractivity contribution in [1.29, 1.82) is 0 Å². The zero-order valence-corrected chi connectivity index (χ0v) is 12.8. The lowest BCUT2D eigenvalue weighted by atomic mass is 9.62. The molecule has 4 aliphatic carbocycles. The van der Waals surface area contributed by atoms with Crippen LogP contribution in [0.5, 0.6) is 5.75 Å². The van der Waals surface area contributed by atoms with Gasteiger partial charge in [-0.25, -0.2) is 0 Å². The molecule has 120 valence electrons. The molecule has 0 spiro atoms. The van der Waals surface area contributed by atoms with Crippen molar-refractivity contribution in [3.63, 3.8) is 0 Å². The molecule has 2 saturated carbocycles. The molecule has 1 aromatic carbocycles. The number of hydrogen-bond donors (Lipinski definition) is 2. The Morgan fingerprint density at radius 2 is 1.78 bits per heavy atom. The summed E-state index contributed by atoms with van der Waals surface area (Å²) in [5, 5.41) is 12.5. The van der Waals surface area contributed by atoms with Gasteiger partial charge in [0.05, 0.1) is 24.6 Å². The second-order valence-corrected chi connectivity index (χ2v) is 6.68. The van der Waals surface area contributed by atoms with Crippen LogP contribution in [0.2, 0.25) is 0 Å². The van der Waals surface area contributed by atoms with Crippen LogP contribution in [0.4, 0.5) is 5.69 Å². The van der Waals surface area contributed by atoms with E-state index in [1.807, 2.05) is 18.2 Å². The molecule has 5 nitrogen and oxygen atoms in total. The second-order valence-electron chi connectivity index (χ2n) is 6.68. The zero-order chi connectivity index (χ0) is 16.1. The number of nitrogens with one attached hydrogen (secondary N) is 1. The first-order valence-corrected chi connectivity index (χ1v) is 7.97. The normalized spacial score (nSPS) is 36.2. The average Bonchev–Trinajstić information content (AvgIpc) is 3.36. The fraction of sp³-hybridized carbons (Fsp3) is 0.444. The molecular weight excluding hydrogens is 294 g/mol. The highest BCUT2D eigenvalue weighted by atomic mass is 16.5. The lowest BCUT2D eigenvalue weighted by Crippen LogP contribution is -2.48. The van der Waals surface area contributed by atoms with E-state index in [2.05, 4.69) is 11.4 Å². The van der Waals surface area contributed by atoms with Crippen LogP contribution in [0.15, 0.2) is 36.4 Å². The van der Waals surface area contributed by atoms with Gasteiger partial charge in [0, 0.05) is 0 Å². The summed E-state index contributed by atoms with van der Waals surface area (Å²) >= 11 is 0. The second kappa shape index (κ2) is 5.11. The summed E-state index contributed by atoms with van der Waals surface area (Å²) in [6.45, 7) is 0. The number of amides is 1. The highest BCUT2D eigenvalue weighted by Crippen LogP contribution is 2.63. The Hall–Kier alpha value is -2.30. The standard InChI is InChI=1S/C18H19NO4/c1-23-14-5-3-2-4-13(14)19-17(20)15-9-6-7-10(12-8-11(9)12)16(15)18(21)22/h2-7,9-12,15-16H,8H2,1H3,(H,19,20)(H,21,22)/t9-,10+,11+,12+,15-,16-/m0/s1. The lowest BCUT2D eigenvalue weighted by Gasteiger charge is -2.41. The summed E-state index contributed by atoms with van der Waals surface area (Å²) in [7, 11) is 1.55. The molecule has 0 aliphatic heterocycles. The number of carboxylic acids is 1. The first-order valence-electron chi connectivity index (χ1n) is 7.97. The van der Waals surface area contributed by atoms with E-state index in [9.17, 15) is 14.7 Å². The summed E-state index contributed by atoms with van der Waals surface area (Å²) < 4.78 is 5.25. The minimum atomic E-state index is -0.866. The number of para-hydroxylation sites is 2. The van der Waals surface area contributed by atoms with Crippen LogP contribution >= 0.6 is 0 Å². The Labute approximate surface area is 134 Å². The Balaban J connectivity index is 1.62. The predicted octanol–water partition coefficient (Wildman–Crippen LogP) is 2.40. The molecule has 2 fully saturated rings. The third kappa shape index (κ3) is 2.14. The van der Waals surface area contributed by atoms with Crippen molar-refractivity contribution in [2.24, 2.45) is 35.5 Å². The Kier molecular flexibility index (Phi) is 3.18. The SMILES string of the molecule is COc1ccccc1NC(=O)[C@H]1[C@H]2C=C[C@H]([C@H]3C[C@H]23)[C@@H]1C(=O)O. The Morgan fingerprint density at radius 1 is 1.13 bits per heavy atom. The van der Waals surface area contributed by atoms with E-state index in [-0.39, 0.29) is 17.7 Å². The van der Waals surface area contributed by atoms with Crippen LogP contribution in [-0.2, 0) is 9.59 Å². The molecule has 2 bridgehead atoms. The maximum atomic E-state index is 12.8. The van der Waals surface area contributed by atoms with Crippen LogP contribution in [0.1, 0.15) is 6.42 Å². The molecule has 0 saturated heterocycles. The number of methoxy groups -OCH3 is 1. The molecule has 5 rings (SSSR count). The topological polar surface area (TPSA) is 75.6 Å². The van der Waals surface area contributed by atoms with Gasteiger partial charge in [-0.05, 0) is 42.2 Å². The third-order valence-electron chi connectivity index (χ3n) is 5.60. The number of carbonyl (C=O) groups is 2. The molecule has 0 radical (unpaired) electrons. The van der Waals surface area contributed by atoms with E-state index in [0.717, 1.165) is 6.42 Å². The van der Waals surface area contributed by atoms with Gasteiger partial charge in [-0.15, -0.1) is 0 Å². The molecule has 0 aromatic heterocycles. The monoisotopic (exact) mass is 313 g/mol. The molecule has 5 heteroatoms. The Morgan fingerprint density at radius 3 is 2.43 bits per heavy atom. The predicted molar refractivity (Wildman–Crippen MR) is 84.0 cm³/mol. The molecule has 1 amide bonds. The Bertz CT molecular complexity index is 698. The summed E-state index contributed by atoms with van der Waals surface area (Å²) in [6, 6.07) is 7.18. The number of benzene rings is 1. The summed E-state index contributed by atoms with van der Waals surface area (Å²) in [6.07, 6.45) is 5.12. The fourth-order valence-corrected chi connectivity index (χ4v) is 4.53. The molecule has 0 unspecified atom stereocenters. The molecule has 2 N–H and O–H groups in total.